The van der Waals surface area contributed by atoms with Gasteiger partial charge in [0, 0.05) is 22.7 Å². The first-order valence-electron chi connectivity index (χ1n) is 6.40. The number of amides is 1. The Bertz CT molecular complexity index is 770. The quantitative estimate of drug-likeness (QED) is 0.768. The maximum absolute atomic E-state index is 12.0. The second-order valence-corrected chi connectivity index (χ2v) is 4.92. The molecule has 0 aliphatic rings. The number of carbonyl (C=O) groups excluding carboxylic acids is 1. The smallest absolute Gasteiger partial charge is 0.230 e. The van der Waals surface area contributed by atoms with Gasteiger partial charge in [-0.3, -0.25) is 9.89 Å². The number of carbonyl (C=O) groups is 1. The van der Waals surface area contributed by atoms with E-state index in [1.54, 1.807) is 12.3 Å². The molecule has 2 N–H and O–H groups in total. The van der Waals surface area contributed by atoms with Gasteiger partial charge in [0.15, 0.2) is 5.82 Å². The van der Waals surface area contributed by atoms with E-state index in [0.717, 1.165) is 27.8 Å². The summed E-state index contributed by atoms with van der Waals surface area (Å²) < 4.78 is 5.48. The highest BCUT2D eigenvalue weighted by molar-refractivity contribution is 5.94. The Kier molecular flexibility index (Phi) is 3.02. The Hall–Kier alpha value is -2.56. The third-order valence-corrected chi connectivity index (χ3v) is 3.14. The van der Waals surface area contributed by atoms with E-state index in [4.69, 9.17) is 4.42 Å². The maximum atomic E-state index is 12.0. The number of nitrogens with one attached hydrogen (secondary N) is 2. The largest absolute Gasteiger partial charge is 0.464 e. The highest BCUT2D eigenvalue weighted by Crippen LogP contribution is 2.23. The summed E-state index contributed by atoms with van der Waals surface area (Å²) >= 11 is 0. The van der Waals surface area contributed by atoms with Crippen molar-refractivity contribution in [1.82, 2.24) is 10.2 Å². The molecule has 2 aromatic heterocycles. The molecular weight excluding hydrogens is 254 g/mol. The van der Waals surface area contributed by atoms with Crippen LogP contribution in [-0.2, 0) is 11.2 Å². The zero-order valence-corrected chi connectivity index (χ0v) is 11.4. The number of rotatable bonds is 3. The second kappa shape index (κ2) is 4.85. The zero-order chi connectivity index (χ0) is 14.1. The molecule has 20 heavy (non-hydrogen) atoms. The summed E-state index contributed by atoms with van der Waals surface area (Å²) in [6, 6.07) is 7.74. The lowest BCUT2D eigenvalue weighted by Gasteiger charge is -2.00. The second-order valence-electron chi connectivity index (χ2n) is 4.92. The summed E-state index contributed by atoms with van der Waals surface area (Å²) in [5.41, 5.74) is 3.73. The third-order valence-electron chi connectivity index (χ3n) is 3.14. The average molecular weight is 269 g/mol. The fourth-order valence-corrected chi connectivity index (χ4v) is 2.17. The monoisotopic (exact) mass is 269 g/mol. The van der Waals surface area contributed by atoms with Crippen LogP contribution in [0, 0.1) is 13.8 Å². The molecule has 0 unspecified atom stereocenters. The van der Waals surface area contributed by atoms with Crippen LogP contribution in [0.25, 0.3) is 11.0 Å². The van der Waals surface area contributed by atoms with Gasteiger partial charge in [0.05, 0.1) is 12.7 Å². The number of aromatic nitrogens is 2. The Balaban J connectivity index is 1.77. The summed E-state index contributed by atoms with van der Waals surface area (Å²) in [7, 11) is 0. The summed E-state index contributed by atoms with van der Waals surface area (Å²) in [5, 5.41) is 10.5. The molecular formula is C15H15N3O2. The number of anilines is 1. The molecule has 0 saturated heterocycles. The predicted molar refractivity (Wildman–Crippen MR) is 76.6 cm³/mol. The van der Waals surface area contributed by atoms with Crippen molar-refractivity contribution in [3.8, 4) is 0 Å². The number of nitrogens with zero attached hydrogens (tertiary/aromatic N) is 1. The molecule has 5 heteroatoms. The average Bonchev–Trinajstić information content (AvgIpc) is 2.96. The summed E-state index contributed by atoms with van der Waals surface area (Å²) in [6.07, 6.45) is 1.90. The minimum atomic E-state index is -0.111. The van der Waals surface area contributed by atoms with Crippen molar-refractivity contribution in [2.24, 2.45) is 0 Å². The van der Waals surface area contributed by atoms with Crippen LogP contribution in [0.5, 0.6) is 0 Å². The standard InChI is InChI=1S/C15H15N3O2/c1-9-3-4-12-11(8-20-13(12)5-9)7-15(19)16-14-6-10(2)17-18-14/h3-6,8H,7H2,1-2H3,(H2,16,17,18,19). The van der Waals surface area contributed by atoms with Crippen LogP contribution < -0.4 is 5.32 Å². The van der Waals surface area contributed by atoms with Crippen molar-refractivity contribution < 1.29 is 9.21 Å². The lowest BCUT2D eigenvalue weighted by atomic mass is 10.1. The van der Waals surface area contributed by atoms with Crippen LogP contribution in [0.15, 0.2) is 34.9 Å². The number of fused-ring (bicyclic) bond motifs is 1. The van der Waals surface area contributed by atoms with Crippen molar-refractivity contribution in [3.63, 3.8) is 0 Å². The van der Waals surface area contributed by atoms with E-state index in [2.05, 4.69) is 15.5 Å². The molecule has 0 aliphatic heterocycles. The SMILES string of the molecule is Cc1ccc2c(CC(=O)Nc3cc(C)[nH]n3)coc2c1. The van der Waals surface area contributed by atoms with Gasteiger partial charge >= 0.3 is 0 Å². The highest BCUT2D eigenvalue weighted by Gasteiger charge is 2.11. The molecule has 3 aromatic rings. The van der Waals surface area contributed by atoms with Gasteiger partial charge in [-0.25, -0.2) is 0 Å². The topological polar surface area (TPSA) is 70.9 Å². The van der Waals surface area contributed by atoms with Gasteiger partial charge in [-0.15, -0.1) is 0 Å². The van der Waals surface area contributed by atoms with Crippen LogP contribution in [0.3, 0.4) is 0 Å². The maximum Gasteiger partial charge on any atom is 0.230 e. The van der Waals surface area contributed by atoms with Crippen molar-refractivity contribution >= 4 is 22.7 Å². The molecule has 0 radical (unpaired) electrons. The molecule has 1 aromatic carbocycles. The first kappa shape index (κ1) is 12.5. The van der Waals surface area contributed by atoms with Gasteiger partial charge in [0.25, 0.3) is 0 Å². The van der Waals surface area contributed by atoms with Crippen molar-refractivity contribution in [2.45, 2.75) is 20.3 Å². The minimum absolute atomic E-state index is 0.111. The number of H-pyrrole nitrogens is 1. The molecule has 102 valence electrons. The summed E-state index contributed by atoms with van der Waals surface area (Å²) in [6.45, 7) is 3.89. The van der Waals surface area contributed by atoms with Gasteiger partial charge in [-0.05, 0) is 25.5 Å². The number of hydrogen-bond donors (Lipinski definition) is 2. The fourth-order valence-electron chi connectivity index (χ4n) is 2.17. The first-order valence-corrected chi connectivity index (χ1v) is 6.40. The van der Waals surface area contributed by atoms with Gasteiger partial charge in [0.2, 0.25) is 5.91 Å². The van der Waals surface area contributed by atoms with Crippen LogP contribution in [0.1, 0.15) is 16.8 Å². The number of hydrogen-bond acceptors (Lipinski definition) is 3. The van der Waals surface area contributed by atoms with Crippen LogP contribution in [-0.4, -0.2) is 16.1 Å². The Morgan fingerprint density at radius 2 is 2.20 bits per heavy atom. The minimum Gasteiger partial charge on any atom is -0.464 e. The molecule has 0 spiro atoms. The van der Waals surface area contributed by atoms with Gasteiger partial charge in [-0.1, -0.05) is 12.1 Å². The highest BCUT2D eigenvalue weighted by atomic mass is 16.3. The van der Waals surface area contributed by atoms with Gasteiger partial charge in [0.1, 0.15) is 5.58 Å². The molecule has 0 fully saturated rings. The number of furan rings is 1. The van der Waals surface area contributed by atoms with Gasteiger partial charge in [-0.2, -0.15) is 5.10 Å². The zero-order valence-electron chi connectivity index (χ0n) is 11.4. The van der Waals surface area contributed by atoms with E-state index < -0.39 is 0 Å². The number of aromatic amines is 1. The predicted octanol–water partition coefficient (Wildman–Crippen LogP) is 2.95. The third kappa shape index (κ3) is 2.42. The first-order chi connectivity index (χ1) is 9.61. The molecule has 2 heterocycles. The molecule has 0 bridgehead atoms. The lowest BCUT2D eigenvalue weighted by Crippen LogP contribution is -2.14. The molecule has 0 saturated carbocycles. The van der Waals surface area contributed by atoms with Crippen molar-refractivity contribution in [3.05, 3.63) is 47.3 Å². The molecule has 5 nitrogen and oxygen atoms in total. The van der Waals surface area contributed by atoms with Gasteiger partial charge < -0.3 is 9.73 Å². The molecule has 0 atom stereocenters. The Labute approximate surface area is 116 Å². The lowest BCUT2D eigenvalue weighted by molar-refractivity contribution is -0.115. The number of benzene rings is 1. The summed E-state index contributed by atoms with van der Waals surface area (Å²) in [4.78, 5) is 12.0. The van der Waals surface area contributed by atoms with Crippen LogP contribution >= 0.6 is 0 Å². The van der Waals surface area contributed by atoms with Crippen molar-refractivity contribution in [2.75, 3.05) is 5.32 Å². The van der Waals surface area contributed by atoms with E-state index >= 15 is 0 Å². The number of aryl methyl sites for hydroxylation is 2. The van der Waals surface area contributed by atoms with Crippen molar-refractivity contribution in [1.29, 1.82) is 0 Å². The molecule has 1 amide bonds. The van der Waals surface area contributed by atoms with E-state index in [1.165, 1.54) is 0 Å². The van der Waals surface area contributed by atoms with E-state index in [-0.39, 0.29) is 12.3 Å². The van der Waals surface area contributed by atoms with E-state index in [1.807, 2.05) is 32.0 Å². The molecule has 3 rings (SSSR count). The summed E-state index contributed by atoms with van der Waals surface area (Å²) in [5.74, 6) is 0.427. The van der Waals surface area contributed by atoms with E-state index in [0.29, 0.717) is 5.82 Å². The van der Waals surface area contributed by atoms with E-state index in [9.17, 15) is 4.79 Å². The normalized spacial score (nSPS) is 10.9. The molecule has 0 aliphatic carbocycles. The van der Waals surface area contributed by atoms with Crippen LogP contribution in [0.2, 0.25) is 0 Å². The van der Waals surface area contributed by atoms with Crippen LogP contribution in [0.4, 0.5) is 5.82 Å². The Morgan fingerprint density at radius 3 is 2.95 bits per heavy atom. The fraction of sp³-hybridized carbons (Fsp3) is 0.200. The Morgan fingerprint density at radius 1 is 1.35 bits per heavy atom.